The zero-order chi connectivity index (χ0) is 44.8. The summed E-state index contributed by atoms with van der Waals surface area (Å²) in [6.45, 7) is 8.49. The van der Waals surface area contributed by atoms with Crippen molar-refractivity contribution in [3.05, 3.63) is 82.3 Å². The minimum Gasteiger partial charge on any atom is -0.388 e. The highest BCUT2D eigenvalue weighted by Crippen LogP contribution is 2.40. The minimum atomic E-state index is -3.78. The fraction of sp³-hybridized carbons (Fsp3) is 0.543. The van der Waals surface area contributed by atoms with E-state index < -0.39 is 39.2 Å². The molecular formula is C46H57F2N9O6S. The van der Waals surface area contributed by atoms with E-state index >= 15 is 0 Å². The van der Waals surface area contributed by atoms with E-state index in [1.807, 2.05) is 24.3 Å². The van der Waals surface area contributed by atoms with E-state index in [0.29, 0.717) is 50.9 Å². The van der Waals surface area contributed by atoms with Crippen LogP contribution < -0.4 is 26.0 Å². The molecule has 1 saturated carbocycles. The Hall–Kier alpha value is -5.04. The van der Waals surface area contributed by atoms with E-state index in [1.54, 1.807) is 19.1 Å². The number of anilines is 3. The summed E-state index contributed by atoms with van der Waals surface area (Å²) in [6, 6.07) is 15.8. The molecule has 64 heavy (non-hydrogen) atoms. The van der Waals surface area contributed by atoms with Crippen molar-refractivity contribution in [1.82, 2.24) is 29.1 Å². The van der Waals surface area contributed by atoms with Crippen molar-refractivity contribution in [1.29, 1.82) is 0 Å². The Morgan fingerprint density at radius 3 is 2.20 bits per heavy atom. The molecule has 4 saturated heterocycles. The van der Waals surface area contributed by atoms with Crippen LogP contribution in [0.15, 0.2) is 70.5 Å². The zero-order valence-corrected chi connectivity index (χ0v) is 37.0. The number of carbonyl (C=O) groups excluding carboxylic acids is 2. The largest absolute Gasteiger partial charge is 0.388 e. The smallest absolute Gasteiger partial charge is 0.269 e. The summed E-state index contributed by atoms with van der Waals surface area (Å²) in [7, 11) is -3.78. The summed E-state index contributed by atoms with van der Waals surface area (Å²) in [5, 5.41) is 17.0. The van der Waals surface area contributed by atoms with E-state index in [-0.39, 0.29) is 58.7 Å². The molecule has 4 aromatic rings. The molecule has 2 aromatic heterocycles. The van der Waals surface area contributed by atoms with Gasteiger partial charge in [-0.15, -0.1) is 0 Å². The van der Waals surface area contributed by atoms with Gasteiger partial charge in [-0.2, -0.15) is 9.29 Å². The SMILES string of the molecule is C[C@@]1(O)CCC[C@H]1n1c(=O)c(C(F)F)cc2cnc(NC3CCN(S(=O)(=O)c4cccc(N5CCN(CC6CCN(c7cccc(C8CC(=O)NC(=O)C8)c7)CC6)CC5)c4)CC3)nc21. The van der Waals surface area contributed by atoms with E-state index in [0.717, 1.165) is 81.7 Å². The van der Waals surface area contributed by atoms with Gasteiger partial charge in [0.25, 0.3) is 12.0 Å². The lowest BCUT2D eigenvalue weighted by atomic mass is 9.89. The van der Waals surface area contributed by atoms with Crippen LogP contribution in [0.5, 0.6) is 0 Å². The summed E-state index contributed by atoms with van der Waals surface area (Å²) in [6.07, 6.45) is 3.73. The van der Waals surface area contributed by atoms with Crippen LogP contribution in [0.3, 0.4) is 0 Å². The Bertz CT molecular complexity index is 2540. The summed E-state index contributed by atoms with van der Waals surface area (Å²) in [4.78, 5) is 53.7. The van der Waals surface area contributed by atoms with Crippen molar-refractivity contribution in [2.75, 3.05) is 74.0 Å². The average molecular weight is 902 g/mol. The zero-order valence-electron chi connectivity index (χ0n) is 36.2. The third kappa shape index (κ3) is 9.24. The number of fused-ring (bicyclic) bond motifs is 1. The molecule has 2 aromatic carbocycles. The van der Waals surface area contributed by atoms with E-state index in [9.17, 15) is 36.7 Å². The van der Waals surface area contributed by atoms with Crippen LogP contribution in [0.25, 0.3) is 11.0 Å². The van der Waals surface area contributed by atoms with Crippen LogP contribution >= 0.6 is 0 Å². The van der Waals surface area contributed by atoms with Crippen LogP contribution in [0.4, 0.5) is 26.1 Å². The number of carbonyl (C=O) groups is 2. The average Bonchev–Trinajstić information content (AvgIpc) is 3.64. The van der Waals surface area contributed by atoms with Gasteiger partial charge in [-0.25, -0.2) is 22.2 Å². The number of pyridine rings is 1. The highest BCUT2D eigenvalue weighted by atomic mass is 32.2. The van der Waals surface area contributed by atoms with Crippen molar-refractivity contribution >= 4 is 50.2 Å². The van der Waals surface area contributed by atoms with E-state index in [1.165, 1.54) is 15.1 Å². The Balaban J connectivity index is 0.765. The predicted molar refractivity (Wildman–Crippen MR) is 239 cm³/mol. The fourth-order valence-corrected chi connectivity index (χ4v) is 12.0. The van der Waals surface area contributed by atoms with Crippen LogP contribution in [0.2, 0.25) is 0 Å². The van der Waals surface area contributed by atoms with E-state index in [2.05, 4.69) is 47.4 Å². The monoisotopic (exact) mass is 901 g/mol. The second kappa shape index (κ2) is 18.1. The molecule has 9 rings (SSSR count). The standard InChI is InChI=1S/C46H57F2N9O6S/c1-46(61)14-4-9-39(46)57-43-33(24-38(42(47)48)44(57)60)28-49-45(52-43)50-34-12-17-56(18-13-34)64(62,63)37-8-3-7-36(27-37)55-21-19-53(20-22-55)29-30-10-15-54(16-11-30)35-6-2-5-31(23-35)32-25-40(58)51-41(59)26-32/h2-3,5-8,23-24,27-28,30,32,34,39,42,61H,4,9-22,25-26,29H2,1H3,(H,49,50,52)(H,51,58,59)/t39-,46-/m1/s1. The first-order valence-electron chi connectivity index (χ1n) is 22.7. The first-order chi connectivity index (χ1) is 30.7. The van der Waals surface area contributed by atoms with Crippen molar-refractivity contribution in [3.63, 3.8) is 0 Å². The quantitative estimate of drug-likeness (QED) is 0.172. The number of hydrogen-bond donors (Lipinski definition) is 3. The predicted octanol–water partition coefficient (Wildman–Crippen LogP) is 5.03. The molecule has 0 bridgehead atoms. The van der Waals surface area contributed by atoms with E-state index in [4.69, 9.17) is 0 Å². The highest BCUT2D eigenvalue weighted by molar-refractivity contribution is 7.89. The van der Waals surface area contributed by atoms with Gasteiger partial charge in [0.1, 0.15) is 5.65 Å². The molecule has 5 fully saturated rings. The van der Waals surface area contributed by atoms with Crippen molar-refractivity contribution < 1.29 is 31.9 Å². The number of rotatable bonds is 11. The van der Waals surface area contributed by atoms with Crippen molar-refractivity contribution in [3.8, 4) is 0 Å². The molecule has 5 aliphatic rings. The number of benzene rings is 2. The van der Waals surface area contributed by atoms with Crippen LogP contribution in [-0.2, 0) is 19.6 Å². The molecule has 342 valence electrons. The molecule has 3 N–H and O–H groups in total. The van der Waals surface area contributed by atoms with Crippen molar-refractivity contribution in [2.45, 2.75) is 99.6 Å². The summed E-state index contributed by atoms with van der Waals surface area (Å²) >= 11 is 0. The van der Waals surface area contributed by atoms with Gasteiger partial charge in [-0.3, -0.25) is 29.2 Å². The van der Waals surface area contributed by atoms with Crippen molar-refractivity contribution in [2.24, 2.45) is 5.92 Å². The number of nitrogens with one attached hydrogen (secondary N) is 2. The molecule has 0 spiro atoms. The third-order valence-corrected chi connectivity index (χ3v) is 16.1. The molecule has 2 amide bonds. The van der Waals surface area contributed by atoms with Crippen LogP contribution in [0.1, 0.15) is 94.2 Å². The fourth-order valence-electron chi connectivity index (χ4n) is 10.5. The number of amides is 2. The maximum atomic E-state index is 14.0. The first-order valence-corrected chi connectivity index (χ1v) is 24.1. The number of halogens is 2. The molecular weight excluding hydrogens is 845 g/mol. The number of piperazine rings is 1. The molecule has 6 heterocycles. The van der Waals surface area contributed by atoms with Gasteiger partial charge in [-0.1, -0.05) is 18.2 Å². The number of hydrogen-bond acceptors (Lipinski definition) is 12. The van der Waals surface area contributed by atoms with Crippen LogP contribution in [0, 0.1) is 5.92 Å². The Labute approximate surface area is 371 Å². The molecule has 0 radical (unpaired) electrons. The highest BCUT2D eigenvalue weighted by Gasteiger charge is 2.40. The van der Waals surface area contributed by atoms with Gasteiger partial charge in [0.15, 0.2) is 0 Å². The summed E-state index contributed by atoms with van der Waals surface area (Å²) in [5.74, 6) is 0.286. The Morgan fingerprint density at radius 2 is 1.53 bits per heavy atom. The molecule has 2 atom stereocenters. The van der Waals surface area contributed by atoms with Gasteiger partial charge in [0, 0.05) is 107 Å². The van der Waals surface area contributed by atoms with Gasteiger partial charge in [0.05, 0.1) is 22.1 Å². The number of sulfonamides is 1. The number of aliphatic hydroxyl groups is 1. The van der Waals surface area contributed by atoms with Gasteiger partial charge in [0.2, 0.25) is 27.8 Å². The van der Waals surface area contributed by atoms with Gasteiger partial charge >= 0.3 is 0 Å². The van der Waals surface area contributed by atoms with Gasteiger partial charge in [-0.05, 0) is 99.7 Å². The Kier molecular flexibility index (Phi) is 12.5. The Morgan fingerprint density at radius 1 is 0.859 bits per heavy atom. The number of aromatic nitrogens is 3. The van der Waals surface area contributed by atoms with Gasteiger partial charge < -0.3 is 20.2 Å². The lowest BCUT2D eigenvalue weighted by Crippen LogP contribution is -2.49. The lowest BCUT2D eigenvalue weighted by molar-refractivity contribution is -0.133. The molecule has 18 heteroatoms. The number of piperidine rings is 3. The molecule has 1 aliphatic carbocycles. The minimum absolute atomic E-state index is 0.0802. The topological polar surface area (TPSA) is 173 Å². The first kappa shape index (κ1) is 44.2. The molecule has 4 aliphatic heterocycles. The summed E-state index contributed by atoms with van der Waals surface area (Å²) < 4.78 is 58.5. The number of imide groups is 1. The third-order valence-electron chi connectivity index (χ3n) is 14.2. The maximum Gasteiger partial charge on any atom is 0.269 e. The summed E-state index contributed by atoms with van der Waals surface area (Å²) in [5.41, 5.74) is 0.453. The second-order valence-corrected chi connectivity index (χ2v) is 20.5. The number of alkyl halides is 2. The normalized spacial score (nSPS) is 23.9. The van der Waals surface area contributed by atoms with Crippen LogP contribution in [-0.4, -0.2) is 120 Å². The maximum absolute atomic E-state index is 14.0. The molecule has 15 nitrogen and oxygen atoms in total. The lowest BCUT2D eigenvalue weighted by Gasteiger charge is -2.40. The number of nitrogens with zero attached hydrogens (tertiary/aromatic N) is 7. The second-order valence-electron chi connectivity index (χ2n) is 18.5. The molecule has 0 unspecified atom stereocenters.